The van der Waals surface area contributed by atoms with E-state index in [-0.39, 0.29) is 5.54 Å². The molecule has 6 N–H and O–H groups in total. The Balaban J connectivity index is 1.87. The van der Waals surface area contributed by atoms with Crippen molar-refractivity contribution < 1.29 is 5.11 Å². The van der Waals surface area contributed by atoms with Crippen LogP contribution in [0.1, 0.15) is 18.9 Å². The van der Waals surface area contributed by atoms with Crippen molar-refractivity contribution in [3.8, 4) is 5.75 Å². The van der Waals surface area contributed by atoms with Crippen molar-refractivity contribution in [1.29, 1.82) is 0 Å². The van der Waals surface area contributed by atoms with Gasteiger partial charge >= 0.3 is 0 Å². The van der Waals surface area contributed by atoms with Gasteiger partial charge in [0.05, 0.1) is 0 Å². The Kier molecular flexibility index (Phi) is 8.49. The van der Waals surface area contributed by atoms with Gasteiger partial charge in [0.2, 0.25) is 0 Å². The smallest absolute Gasteiger partial charge is 0.120 e. The van der Waals surface area contributed by atoms with Gasteiger partial charge in [-0.25, -0.2) is 0 Å². The zero-order valence-corrected chi connectivity index (χ0v) is 14.8. The summed E-state index contributed by atoms with van der Waals surface area (Å²) >= 11 is 0. The molecular weight excluding hydrogens is 302 g/mol. The Labute approximate surface area is 145 Å². The first-order valence-electron chi connectivity index (χ1n) is 9.04. The zero-order valence-electron chi connectivity index (χ0n) is 14.8. The first kappa shape index (κ1) is 19.1. The van der Waals surface area contributed by atoms with E-state index in [1.807, 2.05) is 18.2 Å². The van der Waals surface area contributed by atoms with Crippen LogP contribution in [0.3, 0.4) is 0 Å². The highest BCUT2D eigenvalue weighted by molar-refractivity contribution is 5.31. The summed E-state index contributed by atoms with van der Waals surface area (Å²) in [6, 6.07) is 7.51. The van der Waals surface area contributed by atoms with Crippen LogP contribution in [0.15, 0.2) is 24.3 Å². The van der Waals surface area contributed by atoms with E-state index in [1.165, 1.54) is 6.42 Å². The second-order valence-corrected chi connectivity index (χ2v) is 6.75. The first-order valence-corrected chi connectivity index (χ1v) is 9.04. The summed E-state index contributed by atoms with van der Waals surface area (Å²) in [5.74, 6) is 0.351. The maximum Gasteiger partial charge on any atom is 0.120 e. The lowest BCUT2D eigenvalue weighted by molar-refractivity contribution is 0.313. The molecule has 136 valence electrons. The molecule has 1 aliphatic rings. The molecule has 1 aromatic rings. The van der Waals surface area contributed by atoms with E-state index in [2.05, 4.69) is 33.5 Å². The van der Waals surface area contributed by atoms with Gasteiger partial charge < -0.3 is 31.7 Å². The highest BCUT2D eigenvalue weighted by Gasteiger charge is 2.23. The summed E-state index contributed by atoms with van der Waals surface area (Å²) in [6.07, 6.45) is 1.17. The molecule has 0 aromatic heterocycles. The quantitative estimate of drug-likeness (QED) is 0.467. The van der Waals surface area contributed by atoms with E-state index in [0.717, 1.165) is 57.9 Å². The number of para-hydroxylation sites is 1. The Bertz CT molecular complexity index is 454. The molecule has 1 fully saturated rings. The normalized spacial score (nSPS) is 21.0. The van der Waals surface area contributed by atoms with Gasteiger partial charge in [-0.1, -0.05) is 18.2 Å². The lowest BCUT2D eigenvalue weighted by Gasteiger charge is -2.32. The highest BCUT2D eigenvalue weighted by Crippen LogP contribution is 2.16. The average molecular weight is 335 g/mol. The maximum atomic E-state index is 9.95. The van der Waals surface area contributed by atoms with E-state index >= 15 is 0 Å². The van der Waals surface area contributed by atoms with Gasteiger partial charge in [-0.05, 0) is 32.5 Å². The summed E-state index contributed by atoms with van der Waals surface area (Å²) in [6.45, 7) is 10.7. The molecule has 2 rings (SSSR count). The maximum absolute atomic E-state index is 9.95. The van der Waals surface area contributed by atoms with Crippen molar-refractivity contribution in [2.45, 2.75) is 25.4 Å². The molecule has 0 unspecified atom stereocenters. The largest absolute Gasteiger partial charge is 0.508 e. The molecule has 0 spiro atoms. The summed E-state index contributed by atoms with van der Waals surface area (Å²) < 4.78 is 0. The van der Waals surface area contributed by atoms with Gasteiger partial charge in [-0.15, -0.1) is 0 Å². The third-order valence-corrected chi connectivity index (χ3v) is 4.39. The van der Waals surface area contributed by atoms with Crippen LogP contribution in [0.5, 0.6) is 5.75 Å². The van der Waals surface area contributed by atoms with Crippen LogP contribution >= 0.6 is 0 Å². The molecule has 0 radical (unpaired) electrons. The number of nitrogens with one attached hydrogen (secondary N) is 5. The van der Waals surface area contributed by atoms with Gasteiger partial charge in [0.25, 0.3) is 0 Å². The fourth-order valence-corrected chi connectivity index (χ4v) is 2.83. The van der Waals surface area contributed by atoms with Crippen molar-refractivity contribution >= 4 is 0 Å². The Morgan fingerprint density at radius 3 is 2.12 bits per heavy atom. The third kappa shape index (κ3) is 7.15. The number of hydrogen-bond donors (Lipinski definition) is 6. The van der Waals surface area contributed by atoms with Gasteiger partial charge in [0, 0.05) is 56.9 Å². The molecule has 0 bridgehead atoms. The minimum atomic E-state index is -0.0770. The van der Waals surface area contributed by atoms with Crippen molar-refractivity contribution in [3.63, 3.8) is 0 Å². The number of rotatable bonds is 3. The third-order valence-electron chi connectivity index (χ3n) is 4.39. The van der Waals surface area contributed by atoms with Crippen molar-refractivity contribution in [1.82, 2.24) is 26.6 Å². The van der Waals surface area contributed by atoms with Crippen LogP contribution in [-0.4, -0.2) is 63.0 Å². The molecule has 0 atom stereocenters. The topological polar surface area (TPSA) is 80.4 Å². The second-order valence-electron chi connectivity index (χ2n) is 6.75. The number of benzene rings is 1. The molecule has 1 heterocycles. The molecule has 0 saturated carbocycles. The number of hydrogen-bond acceptors (Lipinski definition) is 6. The molecule has 6 heteroatoms. The minimum absolute atomic E-state index is 0.0770. The Morgan fingerprint density at radius 1 is 0.917 bits per heavy atom. The van der Waals surface area contributed by atoms with Crippen LogP contribution in [-0.2, 0) is 6.54 Å². The molecule has 1 aliphatic heterocycles. The molecule has 24 heavy (non-hydrogen) atoms. The van der Waals surface area contributed by atoms with Crippen LogP contribution in [0.2, 0.25) is 0 Å². The molecule has 0 aliphatic carbocycles. The molecule has 0 amide bonds. The fourth-order valence-electron chi connectivity index (χ4n) is 2.83. The van der Waals surface area contributed by atoms with E-state index in [9.17, 15) is 5.11 Å². The van der Waals surface area contributed by atoms with Gasteiger partial charge in [0.15, 0.2) is 0 Å². The van der Waals surface area contributed by atoms with Crippen LogP contribution in [0, 0.1) is 0 Å². The van der Waals surface area contributed by atoms with E-state index < -0.39 is 0 Å². The number of phenols is 1. The van der Waals surface area contributed by atoms with E-state index in [1.54, 1.807) is 6.07 Å². The monoisotopic (exact) mass is 335 g/mol. The first-order chi connectivity index (χ1) is 11.7. The highest BCUT2D eigenvalue weighted by atomic mass is 16.3. The standard InChI is InChI=1S/C18H33N5O/c1-18(23-13-16-5-2-3-6-17(16)24)14-21-11-9-19-7-4-8-20-10-12-22-15-18/h2-3,5-6,19-24H,4,7-15H2,1H3. The predicted molar refractivity (Wildman–Crippen MR) is 99.4 cm³/mol. The van der Waals surface area contributed by atoms with Crippen molar-refractivity contribution in [3.05, 3.63) is 29.8 Å². The molecular formula is C18H33N5O. The predicted octanol–water partition coefficient (Wildman–Crippen LogP) is 0.00260. The number of aromatic hydroxyl groups is 1. The molecule has 6 nitrogen and oxygen atoms in total. The summed E-state index contributed by atoms with van der Waals surface area (Å²) in [5, 5.41) is 27.6. The Morgan fingerprint density at radius 2 is 1.50 bits per heavy atom. The lowest BCUT2D eigenvalue weighted by atomic mass is 10.0. The van der Waals surface area contributed by atoms with Gasteiger partial charge in [-0.2, -0.15) is 0 Å². The number of phenolic OH excluding ortho intramolecular Hbond substituents is 1. The van der Waals surface area contributed by atoms with Crippen LogP contribution < -0.4 is 26.6 Å². The van der Waals surface area contributed by atoms with Crippen LogP contribution in [0.4, 0.5) is 0 Å². The second kappa shape index (κ2) is 10.6. The fraction of sp³-hybridized carbons (Fsp3) is 0.667. The van der Waals surface area contributed by atoms with Gasteiger partial charge in [0.1, 0.15) is 5.75 Å². The Hall–Kier alpha value is -1.18. The minimum Gasteiger partial charge on any atom is -0.508 e. The van der Waals surface area contributed by atoms with Gasteiger partial charge in [-0.3, -0.25) is 0 Å². The molecule has 1 aromatic carbocycles. The SMILES string of the molecule is CC1(NCc2ccccc2O)CNCCNCCCNCCNC1. The summed E-state index contributed by atoms with van der Waals surface area (Å²) in [7, 11) is 0. The van der Waals surface area contributed by atoms with Crippen molar-refractivity contribution in [2.24, 2.45) is 0 Å². The van der Waals surface area contributed by atoms with Crippen LogP contribution in [0.25, 0.3) is 0 Å². The summed E-state index contributed by atoms with van der Waals surface area (Å²) in [4.78, 5) is 0. The van der Waals surface area contributed by atoms with Crippen molar-refractivity contribution in [2.75, 3.05) is 52.4 Å². The van der Waals surface area contributed by atoms with E-state index in [4.69, 9.17) is 0 Å². The van der Waals surface area contributed by atoms with E-state index in [0.29, 0.717) is 12.3 Å². The average Bonchev–Trinajstić information content (AvgIpc) is 2.58. The summed E-state index contributed by atoms with van der Waals surface area (Å²) in [5.41, 5.74) is 0.855. The zero-order chi connectivity index (χ0) is 17.1. The molecule has 1 saturated heterocycles. The lowest BCUT2D eigenvalue weighted by Crippen LogP contribution is -2.57.